The first kappa shape index (κ1) is 21.6. The molecule has 1 N–H and O–H groups in total. The Balaban J connectivity index is 1.71. The van der Waals surface area contributed by atoms with E-state index in [2.05, 4.69) is 30.5 Å². The van der Waals surface area contributed by atoms with Crippen LogP contribution in [-0.2, 0) is 16.4 Å². The van der Waals surface area contributed by atoms with E-state index in [-0.39, 0.29) is 4.90 Å². The fourth-order valence-electron chi connectivity index (χ4n) is 3.74. The van der Waals surface area contributed by atoms with Crippen LogP contribution in [0.25, 0.3) is 33.2 Å². The van der Waals surface area contributed by atoms with E-state index in [9.17, 15) is 8.42 Å². The van der Waals surface area contributed by atoms with Gasteiger partial charge in [0.05, 0.1) is 11.4 Å². The smallest absolute Gasteiger partial charge is 0.177 e. The van der Waals surface area contributed by atoms with Crippen molar-refractivity contribution in [1.82, 2.24) is 25.1 Å². The van der Waals surface area contributed by atoms with Gasteiger partial charge in [0, 0.05) is 47.4 Å². The Hall–Kier alpha value is -4.24. The minimum atomic E-state index is -3.42. The van der Waals surface area contributed by atoms with Crippen molar-refractivity contribution in [3.8, 4) is 22.4 Å². The molecular formula is C25H20N6O2S. The lowest BCUT2D eigenvalue weighted by Crippen LogP contribution is -2.07. The van der Waals surface area contributed by atoms with Crippen molar-refractivity contribution < 1.29 is 8.42 Å². The quantitative estimate of drug-likeness (QED) is 0.395. The molecular weight excluding hydrogens is 448 g/mol. The number of anilines is 1. The van der Waals surface area contributed by atoms with Gasteiger partial charge >= 0.3 is 0 Å². The lowest BCUT2D eigenvalue weighted by Gasteiger charge is -2.15. The van der Waals surface area contributed by atoms with Crippen molar-refractivity contribution in [2.24, 2.45) is 0 Å². The number of benzene rings is 2. The van der Waals surface area contributed by atoms with Gasteiger partial charge < -0.3 is 5.32 Å². The number of sulfone groups is 1. The Morgan fingerprint density at radius 3 is 2.41 bits per heavy atom. The molecule has 0 aliphatic rings. The van der Waals surface area contributed by atoms with Crippen LogP contribution in [0, 0.1) is 0 Å². The number of hydrogen-bond acceptors (Lipinski definition) is 8. The van der Waals surface area contributed by atoms with E-state index < -0.39 is 9.84 Å². The number of aromatic nitrogens is 5. The summed E-state index contributed by atoms with van der Waals surface area (Å²) < 4.78 is 24.2. The van der Waals surface area contributed by atoms with Crippen LogP contribution in [0.1, 0.15) is 5.82 Å². The lowest BCUT2D eigenvalue weighted by atomic mass is 9.97. The predicted molar refractivity (Wildman–Crippen MR) is 131 cm³/mol. The van der Waals surface area contributed by atoms with Gasteiger partial charge in [0.15, 0.2) is 15.7 Å². The van der Waals surface area contributed by atoms with Gasteiger partial charge in [0.25, 0.3) is 0 Å². The van der Waals surface area contributed by atoms with Crippen LogP contribution in [0.15, 0.2) is 90.3 Å². The molecule has 0 saturated carbocycles. The maximum Gasteiger partial charge on any atom is 0.177 e. The molecule has 0 saturated heterocycles. The van der Waals surface area contributed by atoms with Crippen molar-refractivity contribution in [1.29, 1.82) is 0 Å². The molecule has 8 nitrogen and oxygen atoms in total. The standard InChI is InChI=1S/C25H20N6O2S/c1-34(32,33)19-13-18(14-26-15-19)24-21-10-5-9-20(17-7-3-2-4-8-17)23(21)25(31-30-24)29-16-22-27-11-6-12-28-22/h2-15H,16H2,1H3,(H,29,31). The molecule has 0 atom stereocenters. The number of hydrogen-bond donors (Lipinski definition) is 1. The highest BCUT2D eigenvalue weighted by Crippen LogP contribution is 2.37. The Morgan fingerprint density at radius 2 is 1.65 bits per heavy atom. The Kier molecular flexibility index (Phi) is 5.69. The number of rotatable bonds is 6. The maximum absolute atomic E-state index is 12.1. The normalized spacial score (nSPS) is 11.4. The Labute approximate surface area is 196 Å². The monoisotopic (exact) mass is 468 g/mol. The van der Waals surface area contributed by atoms with Crippen LogP contribution in [0.4, 0.5) is 5.82 Å². The van der Waals surface area contributed by atoms with E-state index >= 15 is 0 Å². The summed E-state index contributed by atoms with van der Waals surface area (Å²) in [5, 5.41) is 13.9. The minimum Gasteiger partial charge on any atom is -0.361 e. The van der Waals surface area contributed by atoms with Crippen LogP contribution in [-0.4, -0.2) is 39.8 Å². The third kappa shape index (κ3) is 4.33. The second kappa shape index (κ2) is 8.95. The number of nitrogens with one attached hydrogen (secondary N) is 1. The topological polar surface area (TPSA) is 111 Å². The van der Waals surface area contributed by atoms with Crippen molar-refractivity contribution >= 4 is 26.4 Å². The molecule has 5 aromatic rings. The summed E-state index contributed by atoms with van der Waals surface area (Å²) in [4.78, 5) is 12.8. The Morgan fingerprint density at radius 1 is 0.853 bits per heavy atom. The first-order chi connectivity index (χ1) is 16.5. The van der Waals surface area contributed by atoms with Gasteiger partial charge in [0.2, 0.25) is 0 Å². The van der Waals surface area contributed by atoms with E-state index in [1.54, 1.807) is 30.7 Å². The SMILES string of the molecule is CS(=O)(=O)c1cncc(-c2nnc(NCc3ncccn3)c3c(-c4ccccc4)cccc23)c1. The Bertz CT molecular complexity index is 1580. The van der Waals surface area contributed by atoms with Gasteiger partial charge in [-0.2, -0.15) is 0 Å². The average molecular weight is 469 g/mol. The maximum atomic E-state index is 12.1. The predicted octanol–water partition coefficient (Wildman–Crippen LogP) is 4.16. The fraction of sp³-hybridized carbons (Fsp3) is 0.0800. The lowest BCUT2D eigenvalue weighted by molar-refractivity contribution is 0.601. The molecule has 0 bridgehead atoms. The summed E-state index contributed by atoms with van der Waals surface area (Å²) in [7, 11) is -3.42. The van der Waals surface area contributed by atoms with E-state index in [1.165, 1.54) is 6.20 Å². The largest absolute Gasteiger partial charge is 0.361 e. The van der Waals surface area contributed by atoms with Gasteiger partial charge in [-0.25, -0.2) is 18.4 Å². The molecule has 168 valence electrons. The molecule has 3 aromatic heterocycles. The molecule has 0 amide bonds. The minimum absolute atomic E-state index is 0.127. The van der Waals surface area contributed by atoms with E-state index in [4.69, 9.17) is 0 Å². The summed E-state index contributed by atoms with van der Waals surface area (Å²) in [5.41, 5.74) is 3.11. The highest BCUT2D eigenvalue weighted by atomic mass is 32.2. The van der Waals surface area contributed by atoms with Crippen molar-refractivity contribution in [2.75, 3.05) is 11.6 Å². The summed E-state index contributed by atoms with van der Waals surface area (Å²) in [6.45, 7) is 0.373. The molecule has 0 fully saturated rings. The zero-order valence-electron chi connectivity index (χ0n) is 18.3. The van der Waals surface area contributed by atoms with Gasteiger partial charge in [-0.1, -0.05) is 48.5 Å². The third-order valence-corrected chi connectivity index (χ3v) is 6.42. The molecule has 0 aliphatic carbocycles. The molecule has 3 heterocycles. The molecule has 9 heteroatoms. The van der Waals surface area contributed by atoms with Gasteiger partial charge in [-0.05, 0) is 23.3 Å². The molecule has 0 radical (unpaired) electrons. The number of fused-ring (bicyclic) bond motifs is 1. The van der Waals surface area contributed by atoms with Gasteiger partial charge in [0.1, 0.15) is 11.5 Å². The van der Waals surface area contributed by atoms with E-state index in [1.807, 2.05) is 48.5 Å². The zero-order chi connectivity index (χ0) is 23.5. The molecule has 34 heavy (non-hydrogen) atoms. The van der Waals surface area contributed by atoms with Crippen LogP contribution >= 0.6 is 0 Å². The summed E-state index contributed by atoms with van der Waals surface area (Å²) >= 11 is 0. The zero-order valence-corrected chi connectivity index (χ0v) is 19.1. The summed E-state index contributed by atoms with van der Waals surface area (Å²) in [6.07, 6.45) is 7.46. The second-order valence-electron chi connectivity index (χ2n) is 7.69. The fourth-order valence-corrected chi connectivity index (χ4v) is 4.33. The van der Waals surface area contributed by atoms with Crippen molar-refractivity contribution in [2.45, 2.75) is 11.4 Å². The first-order valence-corrected chi connectivity index (χ1v) is 12.4. The molecule has 5 rings (SSSR count). The first-order valence-electron chi connectivity index (χ1n) is 10.5. The van der Waals surface area contributed by atoms with E-state index in [0.29, 0.717) is 29.4 Å². The number of pyridine rings is 1. The third-order valence-electron chi connectivity index (χ3n) is 5.34. The molecule has 0 spiro atoms. The summed E-state index contributed by atoms with van der Waals surface area (Å²) in [6, 6.07) is 19.3. The van der Waals surface area contributed by atoms with E-state index in [0.717, 1.165) is 28.2 Å². The average Bonchev–Trinajstić information content (AvgIpc) is 2.87. The highest BCUT2D eigenvalue weighted by Gasteiger charge is 2.17. The number of nitrogens with zero attached hydrogens (tertiary/aromatic N) is 5. The van der Waals surface area contributed by atoms with Gasteiger partial charge in [-0.3, -0.25) is 4.98 Å². The highest BCUT2D eigenvalue weighted by molar-refractivity contribution is 7.90. The second-order valence-corrected chi connectivity index (χ2v) is 9.71. The van der Waals surface area contributed by atoms with Crippen LogP contribution in [0.2, 0.25) is 0 Å². The van der Waals surface area contributed by atoms with Crippen molar-refractivity contribution in [3.63, 3.8) is 0 Å². The molecule has 0 unspecified atom stereocenters. The van der Waals surface area contributed by atoms with Crippen LogP contribution in [0.3, 0.4) is 0 Å². The van der Waals surface area contributed by atoms with Gasteiger partial charge in [-0.15, -0.1) is 10.2 Å². The van der Waals surface area contributed by atoms with Crippen molar-refractivity contribution in [3.05, 3.63) is 91.3 Å². The van der Waals surface area contributed by atoms with Crippen LogP contribution < -0.4 is 5.32 Å². The molecule has 2 aromatic carbocycles. The molecule has 0 aliphatic heterocycles. The summed E-state index contributed by atoms with van der Waals surface area (Å²) in [5.74, 6) is 1.21. The van der Waals surface area contributed by atoms with Crippen LogP contribution in [0.5, 0.6) is 0 Å².